The maximum Gasteiger partial charge on any atom is 0.263 e. The highest BCUT2D eigenvalue weighted by molar-refractivity contribution is 7.16. The predicted molar refractivity (Wildman–Crippen MR) is 151 cm³/mol. The average Bonchev–Trinajstić information content (AvgIpc) is 2.63. The maximum atomic E-state index is 7.83. The topological polar surface area (TPSA) is 9.23 Å². The number of fused-ring (bicyclic) bond motifs is 1. The summed E-state index contributed by atoms with van der Waals surface area (Å²) in [5, 5.41) is 0.179. The Hall–Kier alpha value is -1.11. The molecule has 1 heterocycles. The van der Waals surface area contributed by atoms with Crippen molar-refractivity contribution in [3.8, 4) is 0 Å². The first kappa shape index (κ1) is 25.5. The van der Waals surface area contributed by atoms with Gasteiger partial charge < -0.3 is 4.43 Å². The second-order valence-corrected chi connectivity index (χ2v) is 31.4. The summed E-state index contributed by atoms with van der Waals surface area (Å²) in [6, 6.07) is 10.9. The Labute approximate surface area is 201 Å². The van der Waals surface area contributed by atoms with Gasteiger partial charge in [-0.3, -0.25) is 0 Å². The van der Waals surface area contributed by atoms with E-state index in [1.807, 2.05) is 0 Å². The molecule has 1 unspecified atom stereocenters. The number of benzene rings is 1. The molecule has 3 rings (SSSR count). The zero-order valence-electron chi connectivity index (χ0n) is 22.7. The molecule has 0 amide bonds. The Kier molecular flexibility index (Phi) is 6.15. The van der Waals surface area contributed by atoms with Crippen LogP contribution in [0.25, 0.3) is 5.76 Å². The Morgan fingerprint density at radius 3 is 1.72 bits per heavy atom. The van der Waals surface area contributed by atoms with E-state index in [1.54, 1.807) is 0 Å². The highest BCUT2D eigenvalue weighted by atomic mass is 28.5. The molecule has 1 aliphatic heterocycles. The first-order valence-electron chi connectivity index (χ1n) is 12.3. The predicted octanol–water partition coefficient (Wildman–Crippen LogP) is 9.21. The van der Waals surface area contributed by atoms with E-state index in [9.17, 15) is 0 Å². The van der Waals surface area contributed by atoms with Crippen LogP contribution in [0.5, 0.6) is 0 Å². The van der Waals surface area contributed by atoms with Crippen LogP contribution in [-0.4, -0.2) is 24.5 Å². The first-order chi connectivity index (χ1) is 14.4. The minimum Gasteiger partial charge on any atom is -0.542 e. The molecule has 2 aliphatic rings. The number of hydrogen-bond donors (Lipinski definition) is 0. The van der Waals surface area contributed by atoms with Gasteiger partial charge in [0, 0.05) is 21.3 Å². The van der Waals surface area contributed by atoms with Crippen LogP contribution >= 0.6 is 0 Å². The normalized spacial score (nSPS) is 23.1. The van der Waals surface area contributed by atoms with Crippen molar-refractivity contribution in [1.29, 1.82) is 0 Å². The van der Waals surface area contributed by atoms with Crippen LogP contribution in [0.4, 0.5) is 0 Å². The van der Waals surface area contributed by atoms with E-state index >= 15 is 0 Å². The Bertz CT molecular complexity index is 914. The standard InChI is InChI=1S/C28H46OSi3/c1-26(2,3)32(27(4,5)6)28(30(7,8)9,31(10,11)12)24-21-17-16-20-23(24)25(29-32)22-18-14-13-15-19-22/h13-21,24H,1-12H3. The van der Waals surface area contributed by atoms with E-state index in [4.69, 9.17) is 4.43 Å². The lowest BCUT2D eigenvalue weighted by Crippen LogP contribution is -2.79. The lowest BCUT2D eigenvalue weighted by atomic mass is 9.92. The van der Waals surface area contributed by atoms with Gasteiger partial charge in [0.2, 0.25) is 0 Å². The molecule has 1 aromatic carbocycles. The van der Waals surface area contributed by atoms with E-state index in [0.29, 0.717) is 5.92 Å². The van der Waals surface area contributed by atoms with Crippen LogP contribution in [0.2, 0.25) is 53.6 Å². The fraction of sp³-hybridized carbons (Fsp3) is 0.571. The molecule has 0 saturated carbocycles. The van der Waals surface area contributed by atoms with Crippen molar-refractivity contribution < 1.29 is 4.43 Å². The summed E-state index contributed by atoms with van der Waals surface area (Å²) in [6.45, 7) is 30.8. The molecule has 0 spiro atoms. The molecule has 32 heavy (non-hydrogen) atoms. The van der Waals surface area contributed by atoms with Gasteiger partial charge in [0.15, 0.2) is 0 Å². The molecule has 0 bridgehead atoms. The fourth-order valence-electron chi connectivity index (χ4n) is 8.19. The summed E-state index contributed by atoms with van der Waals surface area (Å²) in [6.07, 6.45) is 9.48. The van der Waals surface area contributed by atoms with Gasteiger partial charge in [0.05, 0.1) is 16.1 Å². The van der Waals surface area contributed by atoms with E-state index in [-0.39, 0.29) is 14.4 Å². The van der Waals surface area contributed by atoms with E-state index in [0.717, 1.165) is 5.76 Å². The molecular weight excluding hydrogens is 437 g/mol. The molecule has 1 aliphatic carbocycles. The lowest BCUT2D eigenvalue weighted by Gasteiger charge is -2.72. The quantitative estimate of drug-likeness (QED) is 0.390. The summed E-state index contributed by atoms with van der Waals surface area (Å²) in [4.78, 5) is 0. The van der Waals surface area contributed by atoms with Crippen LogP contribution in [0, 0.1) is 5.92 Å². The molecule has 1 nitrogen and oxygen atoms in total. The van der Waals surface area contributed by atoms with Gasteiger partial charge in [-0.25, -0.2) is 0 Å². The summed E-state index contributed by atoms with van der Waals surface area (Å²) >= 11 is 0. The summed E-state index contributed by atoms with van der Waals surface area (Å²) < 4.78 is 8.06. The number of hydrogen-bond acceptors (Lipinski definition) is 1. The molecule has 0 saturated heterocycles. The molecule has 0 N–H and O–H groups in total. The van der Waals surface area contributed by atoms with Crippen LogP contribution in [0.3, 0.4) is 0 Å². The molecule has 1 aromatic rings. The molecule has 1 atom stereocenters. The Balaban J connectivity index is 2.61. The van der Waals surface area contributed by atoms with Crippen LogP contribution in [0.1, 0.15) is 47.1 Å². The van der Waals surface area contributed by atoms with Crippen molar-refractivity contribution in [1.82, 2.24) is 0 Å². The minimum atomic E-state index is -2.51. The Morgan fingerprint density at radius 2 is 1.28 bits per heavy atom. The summed E-state index contributed by atoms with van der Waals surface area (Å²) in [5.74, 6) is 1.58. The van der Waals surface area contributed by atoms with E-state index < -0.39 is 24.5 Å². The van der Waals surface area contributed by atoms with Crippen LogP contribution in [0.15, 0.2) is 60.2 Å². The SMILES string of the molecule is CC(C)(C)[Si]1(C(C)(C)C)OC(c2ccccc2)=C2C=CC=CC2C1([Si](C)(C)C)[Si](C)(C)C. The highest BCUT2D eigenvalue weighted by Crippen LogP contribution is 2.75. The van der Waals surface area contributed by atoms with E-state index in [1.165, 1.54) is 11.1 Å². The molecule has 0 aromatic heterocycles. The molecule has 0 fully saturated rings. The second kappa shape index (κ2) is 7.71. The monoisotopic (exact) mass is 482 g/mol. The van der Waals surface area contributed by atoms with Crippen molar-refractivity contribution in [3.63, 3.8) is 0 Å². The number of allylic oxidation sites excluding steroid dienone is 5. The van der Waals surface area contributed by atoms with Crippen molar-refractivity contribution in [3.05, 3.63) is 65.8 Å². The van der Waals surface area contributed by atoms with Crippen molar-refractivity contribution in [2.75, 3.05) is 0 Å². The third kappa shape index (κ3) is 3.35. The largest absolute Gasteiger partial charge is 0.542 e. The fourth-order valence-corrected chi connectivity index (χ4v) is 39.4. The average molecular weight is 483 g/mol. The molecule has 4 heteroatoms. The summed E-state index contributed by atoms with van der Waals surface area (Å²) in [7, 11) is -6.02. The second-order valence-electron chi connectivity index (χ2n) is 14.0. The lowest BCUT2D eigenvalue weighted by molar-refractivity contribution is 0.342. The van der Waals surface area contributed by atoms with Gasteiger partial charge >= 0.3 is 0 Å². The van der Waals surface area contributed by atoms with Gasteiger partial charge in [-0.15, -0.1) is 0 Å². The van der Waals surface area contributed by atoms with Crippen LogP contribution in [-0.2, 0) is 4.43 Å². The summed E-state index contributed by atoms with van der Waals surface area (Å²) in [5.41, 5.74) is 2.65. The van der Waals surface area contributed by atoms with Crippen LogP contribution < -0.4 is 0 Å². The molecule has 0 radical (unpaired) electrons. The van der Waals surface area contributed by atoms with Gasteiger partial charge in [0.1, 0.15) is 5.76 Å². The van der Waals surface area contributed by atoms with Gasteiger partial charge in [-0.05, 0) is 10.1 Å². The van der Waals surface area contributed by atoms with Crippen molar-refractivity contribution in [2.45, 2.75) is 95.2 Å². The van der Waals surface area contributed by atoms with Gasteiger partial charge in [-0.1, -0.05) is 135 Å². The highest BCUT2D eigenvalue weighted by Gasteiger charge is 2.79. The van der Waals surface area contributed by atoms with E-state index in [2.05, 4.69) is 135 Å². The number of rotatable bonds is 3. The van der Waals surface area contributed by atoms with Gasteiger partial charge in [0.25, 0.3) is 8.32 Å². The Morgan fingerprint density at radius 1 is 0.781 bits per heavy atom. The zero-order chi connectivity index (χ0) is 24.4. The maximum absolute atomic E-state index is 7.83. The van der Waals surface area contributed by atoms with Crippen molar-refractivity contribution >= 4 is 30.2 Å². The third-order valence-corrected chi connectivity index (χ3v) is 30.7. The molecular formula is C28H46OSi3. The first-order valence-corrected chi connectivity index (χ1v) is 21.2. The van der Waals surface area contributed by atoms with Gasteiger partial charge in [-0.2, -0.15) is 0 Å². The smallest absolute Gasteiger partial charge is 0.263 e. The minimum absolute atomic E-state index is 0.0897. The zero-order valence-corrected chi connectivity index (χ0v) is 25.7. The van der Waals surface area contributed by atoms with Crippen molar-refractivity contribution in [2.24, 2.45) is 5.92 Å². The third-order valence-electron chi connectivity index (χ3n) is 8.08. The molecule has 176 valence electrons.